The Kier molecular flexibility index (Phi) is 2.24. The summed E-state index contributed by atoms with van der Waals surface area (Å²) >= 11 is 7.39. The molecule has 0 atom stereocenters. The van der Waals surface area contributed by atoms with Crippen molar-refractivity contribution in [2.24, 2.45) is 7.05 Å². The van der Waals surface area contributed by atoms with Gasteiger partial charge in [0.1, 0.15) is 10.5 Å². The minimum Gasteiger partial charge on any atom is -0.382 e. The highest BCUT2D eigenvalue weighted by atomic mass is 35.5. The van der Waals surface area contributed by atoms with Gasteiger partial charge in [-0.15, -0.1) is 0 Å². The zero-order valence-corrected chi connectivity index (χ0v) is 9.22. The van der Waals surface area contributed by atoms with Crippen LogP contribution in [0.3, 0.4) is 0 Å². The van der Waals surface area contributed by atoms with Crippen LogP contribution in [0.1, 0.15) is 0 Å². The van der Waals surface area contributed by atoms with E-state index in [-0.39, 0.29) is 0 Å². The molecule has 2 N–H and O–H groups in total. The lowest BCUT2D eigenvalue weighted by molar-refractivity contribution is 0.782. The largest absolute Gasteiger partial charge is 0.382 e. The van der Waals surface area contributed by atoms with Gasteiger partial charge in [-0.3, -0.25) is 0 Å². The van der Waals surface area contributed by atoms with Crippen LogP contribution in [0.5, 0.6) is 0 Å². The van der Waals surface area contributed by atoms with Crippen LogP contribution in [-0.2, 0) is 7.05 Å². The lowest BCUT2D eigenvalue weighted by atomic mass is 10.4. The Bertz CT molecular complexity index is 494. The maximum absolute atomic E-state index is 5.96. The van der Waals surface area contributed by atoms with Crippen molar-refractivity contribution in [3.63, 3.8) is 0 Å². The van der Waals surface area contributed by atoms with E-state index in [0.717, 1.165) is 0 Å². The van der Waals surface area contributed by atoms with E-state index in [0.29, 0.717) is 27.2 Å². The third-order valence-corrected chi connectivity index (χ3v) is 2.65. The van der Waals surface area contributed by atoms with Gasteiger partial charge in [-0.2, -0.15) is 5.10 Å². The number of nitrogens with zero attached hydrogens (tertiary/aromatic N) is 4. The van der Waals surface area contributed by atoms with Crippen LogP contribution in [0.15, 0.2) is 5.16 Å². The summed E-state index contributed by atoms with van der Waals surface area (Å²) in [7, 11) is 1.77. The number of aryl methyl sites for hydroxylation is 1. The van der Waals surface area contributed by atoms with Crippen molar-refractivity contribution in [1.82, 2.24) is 19.7 Å². The monoisotopic (exact) mass is 229 g/mol. The Hall–Kier alpha value is -1.01. The molecule has 0 saturated carbocycles. The molecule has 5 nitrogen and oxygen atoms in total. The molecule has 2 heterocycles. The molecule has 2 rings (SSSR count). The number of rotatable bonds is 1. The topological polar surface area (TPSA) is 69.6 Å². The fourth-order valence-corrected chi connectivity index (χ4v) is 1.88. The summed E-state index contributed by atoms with van der Waals surface area (Å²) in [4.78, 5) is 8.34. The molecular formula is C7H8ClN5S. The summed E-state index contributed by atoms with van der Waals surface area (Å²) in [6, 6.07) is 0. The number of halogens is 1. The lowest BCUT2D eigenvalue weighted by Crippen LogP contribution is -1.94. The molecule has 7 heteroatoms. The van der Waals surface area contributed by atoms with Gasteiger partial charge in [0.15, 0.2) is 16.6 Å². The van der Waals surface area contributed by atoms with Gasteiger partial charge in [-0.25, -0.2) is 14.6 Å². The first kappa shape index (κ1) is 9.54. The fourth-order valence-electron chi connectivity index (χ4n) is 1.21. The predicted octanol–water partition coefficient (Wildman–Crippen LogP) is 1.32. The number of hydrogen-bond donors (Lipinski definition) is 1. The van der Waals surface area contributed by atoms with Crippen LogP contribution in [0, 0.1) is 0 Å². The van der Waals surface area contributed by atoms with Gasteiger partial charge in [0.25, 0.3) is 0 Å². The maximum Gasteiger partial charge on any atom is 0.190 e. The molecule has 0 fully saturated rings. The number of anilines is 1. The van der Waals surface area contributed by atoms with Gasteiger partial charge in [0.05, 0.1) is 0 Å². The SMILES string of the molecule is CSc1nc(Cl)c2c(N)nn(C)c2n1. The van der Waals surface area contributed by atoms with Gasteiger partial charge in [-0.05, 0) is 6.26 Å². The molecule has 0 spiro atoms. The highest BCUT2D eigenvalue weighted by Crippen LogP contribution is 2.26. The average Bonchev–Trinajstić information content (AvgIpc) is 2.42. The number of nitrogen functional groups attached to an aromatic ring is 1. The number of hydrogen-bond acceptors (Lipinski definition) is 5. The fraction of sp³-hybridized carbons (Fsp3) is 0.286. The Morgan fingerprint density at radius 2 is 2.14 bits per heavy atom. The van der Waals surface area contributed by atoms with Crippen LogP contribution < -0.4 is 5.73 Å². The molecule has 0 saturated heterocycles. The first-order chi connectivity index (χ1) is 6.63. The van der Waals surface area contributed by atoms with E-state index in [9.17, 15) is 0 Å². The molecule has 2 aromatic heterocycles. The number of aromatic nitrogens is 4. The summed E-state index contributed by atoms with van der Waals surface area (Å²) in [5, 5.41) is 5.61. The molecule has 0 amide bonds. The second kappa shape index (κ2) is 3.29. The van der Waals surface area contributed by atoms with Crippen molar-refractivity contribution < 1.29 is 0 Å². The molecular weight excluding hydrogens is 222 g/mol. The summed E-state index contributed by atoms with van der Waals surface area (Å²) < 4.78 is 1.60. The number of nitrogens with two attached hydrogens (primary N) is 1. The van der Waals surface area contributed by atoms with Crippen molar-refractivity contribution in [1.29, 1.82) is 0 Å². The quantitative estimate of drug-likeness (QED) is 0.454. The maximum atomic E-state index is 5.96. The summed E-state index contributed by atoms with van der Waals surface area (Å²) in [5.74, 6) is 0.361. The van der Waals surface area contributed by atoms with E-state index in [1.54, 1.807) is 11.7 Å². The van der Waals surface area contributed by atoms with Gasteiger partial charge < -0.3 is 5.73 Å². The zero-order valence-electron chi connectivity index (χ0n) is 7.65. The van der Waals surface area contributed by atoms with E-state index < -0.39 is 0 Å². The van der Waals surface area contributed by atoms with Crippen molar-refractivity contribution in [2.75, 3.05) is 12.0 Å². The van der Waals surface area contributed by atoms with Gasteiger partial charge >= 0.3 is 0 Å². The van der Waals surface area contributed by atoms with Crippen molar-refractivity contribution in [3.8, 4) is 0 Å². The minimum atomic E-state index is 0.352. The van der Waals surface area contributed by atoms with Gasteiger partial charge in [0.2, 0.25) is 0 Å². The van der Waals surface area contributed by atoms with E-state index in [2.05, 4.69) is 15.1 Å². The molecule has 0 aromatic carbocycles. The third-order valence-electron chi connectivity index (χ3n) is 1.83. The highest BCUT2D eigenvalue weighted by Gasteiger charge is 2.13. The molecule has 0 aliphatic heterocycles. The number of thioether (sulfide) groups is 1. The van der Waals surface area contributed by atoms with Crippen LogP contribution in [0.25, 0.3) is 11.0 Å². The summed E-state index contributed by atoms with van der Waals surface area (Å²) in [6.45, 7) is 0. The Morgan fingerprint density at radius 3 is 2.79 bits per heavy atom. The molecule has 74 valence electrons. The highest BCUT2D eigenvalue weighted by molar-refractivity contribution is 7.98. The average molecular weight is 230 g/mol. The van der Waals surface area contributed by atoms with Crippen molar-refractivity contribution >= 4 is 40.2 Å². The zero-order chi connectivity index (χ0) is 10.3. The molecule has 0 bridgehead atoms. The molecule has 0 aliphatic rings. The molecule has 2 aromatic rings. The van der Waals surface area contributed by atoms with Gasteiger partial charge in [0, 0.05) is 7.05 Å². The first-order valence-electron chi connectivity index (χ1n) is 3.83. The normalized spacial score (nSPS) is 11.1. The molecule has 0 aliphatic carbocycles. The van der Waals surface area contributed by atoms with E-state index in [4.69, 9.17) is 17.3 Å². The Morgan fingerprint density at radius 1 is 1.43 bits per heavy atom. The smallest absolute Gasteiger partial charge is 0.190 e. The van der Waals surface area contributed by atoms with Crippen LogP contribution >= 0.6 is 23.4 Å². The Balaban J connectivity index is 2.86. The summed E-state index contributed by atoms with van der Waals surface area (Å²) in [5.41, 5.74) is 6.33. The molecule has 14 heavy (non-hydrogen) atoms. The van der Waals surface area contributed by atoms with Crippen LogP contribution in [0.4, 0.5) is 5.82 Å². The lowest BCUT2D eigenvalue weighted by Gasteiger charge is -1.98. The van der Waals surface area contributed by atoms with Crippen LogP contribution in [-0.4, -0.2) is 26.0 Å². The summed E-state index contributed by atoms with van der Waals surface area (Å²) in [6.07, 6.45) is 1.89. The van der Waals surface area contributed by atoms with Gasteiger partial charge in [-0.1, -0.05) is 23.4 Å². The minimum absolute atomic E-state index is 0.352. The Labute approximate surface area is 89.7 Å². The van der Waals surface area contributed by atoms with E-state index >= 15 is 0 Å². The van der Waals surface area contributed by atoms with Crippen LogP contribution in [0.2, 0.25) is 5.15 Å². The molecule has 0 radical (unpaired) electrons. The van der Waals surface area contributed by atoms with E-state index in [1.807, 2.05) is 6.26 Å². The van der Waals surface area contributed by atoms with Crippen molar-refractivity contribution in [3.05, 3.63) is 5.15 Å². The van der Waals surface area contributed by atoms with E-state index in [1.165, 1.54) is 11.8 Å². The second-order valence-corrected chi connectivity index (χ2v) is 3.84. The predicted molar refractivity (Wildman–Crippen MR) is 57.5 cm³/mol. The standard InChI is InChI=1S/C7H8ClN5S/c1-13-6-3(5(9)12-13)4(8)10-7(11-6)14-2/h1-2H3,(H2,9,12). The number of fused-ring (bicyclic) bond motifs is 1. The third kappa shape index (κ3) is 1.31. The first-order valence-corrected chi connectivity index (χ1v) is 5.43. The molecule has 0 unspecified atom stereocenters. The second-order valence-electron chi connectivity index (χ2n) is 2.71. The van der Waals surface area contributed by atoms with Crippen molar-refractivity contribution in [2.45, 2.75) is 5.16 Å².